The summed E-state index contributed by atoms with van der Waals surface area (Å²) in [4.78, 5) is 0. The SMILES string of the molecule is C=C(NNC(=C)C(CC)CCc1ccccc1C)c1cc(-c2ccccc2)nn1-c1ccccc1. The van der Waals surface area contributed by atoms with Gasteiger partial charge >= 0.3 is 0 Å². The van der Waals surface area contributed by atoms with Crippen LogP contribution in [0.15, 0.2) is 110 Å². The first-order valence-corrected chi connectivity index (χ1v) is 12.2. The first-order chi connectivity index (χ1) is 17.1. The minimum Gasteiger partial charge on any atom is -0.305 e. The van der Waals surface area contributed by atoms with Crippen LogP contribution in [0.3, 0.4) is 0 Å². The summed E-state index contributed by atoms with van der Waals surface area (Å²) in [6, 6.07) is 31.0. The molecule has 178 valence electrons. The van der Waals surface area contributed by atoms with Crippen molar-refractivity contribution in [1.82, 2.24) is 20.6 Å². The number of allylic oxidation sites excluding steroid dienone is 1. The molecule has 0 spiro atoms. The molecule has 2 N–H and O–H groups in total. The lowest BCUT2D eigenvalue weighted by atomic mass is 9.93. The number of benzene rings is 3. The van der Waals surface area contributed by atoms with Gasteiger partial charge in [0.1, 0.15) is 0 Å². The van der Waals surface area contributed by atoms with Crippen LogP contribution in [0, 0.1) is 12.8 Å². The van der Waals surface area contributed by atoms with Crippen LogP contribution in [0.25, 0.3) is 22.6 Å². The van der Waals surface area contributed by atoms with E-state index in [1.54, 1.807) is 0 Å². The molecule has 0 saturated carbocycles. The van der Waals surface area contributed by atoms with Gasteiger partial charge in [-0.25, -0.2) is 4.68 Å². The molecule has 1 unspecified atom stereocenters. The molecular weight excluding hydrogens is 428 g/mol. The smallest absolute Gasteiger partial charge is 0.0934 e. The van der Waals surface area contributed by atoms with Gasteiger partial charge in [-0.05, 0) is 61.4 Å². The van der Waals surface area contributed by atoms with Crippen molar-refractivity contribution in [1.29, 1.82) is 0 Å². The number of aromatic nitrogens is 2. The van der Waals surface area contributed by atoms with E-state index in [-0.39, 0.29) is 0 Å². The summed E-state index contributed by atoms with van der Waals surface area (Å²) in [5, 5.41) is 4.89. The highest BCUT2D eigenvalue weighted by atomic mass is 15.4. The van der Waals surface area contributed by atoms with Crippen LogP contribution in [-0.2, 0) is 6.42 Å². The fourth-order valence-corrected chi connectivity index (χ4v) is 4.28. The van der Waals surface area contributed by atoms with Gasteiger partial charge in [-0.3, -0.25) is 5.43 Å². The predicted octanol–water partition coefficient (Wildman–Crippen LogP) is 7.09. The van der Waals surface area contributed by atoms with Crippen molar-refractivity contribution in [2.45, 2.75) is 33.1 Å². The molecule has 3 aromatic carbocycles. The van der Waals surface area contributed by atoms with E-state index in [0.29, 0.717) is 5.92 Å². The van der Waals surface area contributed by atoms with E-state index in [1.807, 2.05) is 53.2 Å². The van der Waals surface area contributed by atoms with E-state index >= 15 is 0 Å². The highest BCUT2D eigenvalue weighted by Crippen LogP contribution is 2.25. The van der Waals surface area contributed by atoms with Crippen LogP contribution in [-0.4, -0.2) is 9.78 Å². The Hall–Kier alpha value is -4.05. The fraction of sp³-hybridized carbons (Fsp3) is 0.194. The normalized spacial score (nSPS) is 11.6. The third-order valence-electron chi connectivity index (χ3n) is 6.47. The lowest BCUT2D eigenvalue weighted by Gasteiger charge is -2.22. The second-order valence-corrected chi connectivity index (χ2v) is 8.85. The summed E-state index contributed by atoms with van der Waals surface area (Å²) in [5.74, 6) is 0.355. The van der Waals surface area contributed by atoms with E-state index in [9.17, 15) is 0 Å². The molecule has 0 fully saturated rings. The molecule has 0 radical (unpaired) electrons. The summed E-state index contributed by atoms with van der Waals surface area (Å²) < 4.78 is 1.93. The quantitative estimate of drug-likeness (QED) is 0.234. The lowest BCUT2D eigenvalue weighted by Crippen LogP contribution is -2.32. The highest BCUT2D eigenvalue weighted by molar-refractivity contribution is 5.68. The maximum absolute atomic E-state index is 4.89. The molecule has 0 amide bonds. The molecule has 0 aliphatic heterocycles. The van der Waals surface area contributed by atoms with Crippen LogP contribution >= 0.6 is 0 Å². The summed E-state index contributed by atoms with van der Waals surface area (Å²) >= 11 is 0. The number of para-hydroxylation sites is 1. The van der Waals surface area contributed by atoms with E-state index < -0.39 is 0 Å². The van der Waals surface area contributed by atoms with Gasteiger partial charge in [0.05, 0.1) is 22.8 Å². The summed E-state index contributed by atoms with van der Waals surface area (Å²) in [6.45, 7) is 13.0. The molecule has 0 saturated heterocycles. The Bertz CT molecular complexity index is 1270. The van der Waals surface area contributed by atoms with Crippen LogP contribution in [0.1, 0.15) is 36.6 Å². The minimum absolute atomic E-state index is 0.355. The molecule has 1 aromatic heterocycles. The third kappa shape index (κ3) is 5.90. The Morgan fingerprint density at radius 3 is 2.23 bits per heavy atom. The molecule has 4 aromatic rings. The van der Waals surface area contributed by atoms with E-state index in [1.165, 1.54) is 11.1 Å². The van der Waals surface area contributed by atoms with Crippen molar-refractivity contribution in [2.75, 3.05) is 0 Å². The second kappa shape index (κ2) is 11.4. The Morgan fingerprint density at radius 2 is 1.54 bits per heavy atom. The van der Waals surface area contributed by atoms with Gasteiger partial charge in [0.25, 0.3) is 0 Å². The van der Waals surface area contributed by atoms with Crippen LogP contribution in [0.5, 0.6) is 0 Å². The van der Waals surface area contributed by atoms with Crippen molar-refractivity contribution in [3.05, 3.63) is 127 Å². The molecule has 0 aliphatic rings. The average Bonchev–Trinajstić information content (AvgIpc) is 3.35. The van der Waals surface area contributed by atoms with Crippen molar-refractivity contribution in [3.8, 4) is 16.9 Å². The zero-order chi connectivity index (χ0) is 24.6. The van der Waals surface area contributed by atoms with Gasteiger partial charge in [-0.2, -0.15) is 5.10 Å². The molecule has 4 nitrogen and oxygen atoms in total. The Balaban J connectivity index is 1.47. The monoisotopic (exact) mass is 462 g/mol. The van der Waals surface area contributed by atoms with Crippen LogP contribution in [0.2, 0.25) is 0 Å². The minimum atomic E-state index is 0.355. The first-order valence-electron chi connectivity index (χ1n) is 12.2. The van der Waals surface area contributed by atoms with Crippen molar-refractivity contribution >= 4 is 5.70 Å². The zero-order valence-corrected chi connectivity index (χ0v) is 20.7. The third-order valence-corrected chi connectivity index (χ3v) is 6.47. The molecule has 0 bridgehead atoms. The number of nitrogens with one attached hydrogen (secondary N) is 2. The van der Waals surface area contributed by atoms with E-state index in [2.05, 4.69) is 80.3 Å². The second-order valence-electron chi connectivity index (χ2n) is 8.85. The van der Waals surface area contributed by atoms with Crippen molar-refractivity contribution in [2.24, 2.45) is 5.92 Å². The number of hydrazine groups is 1. The molecule has 4 heteroatoms. The van der Waals surface area contributed by atoms with Gasteiger partial charge in [0.15, 0.2) is 0 Å². The molecule has 35 heavy (non-hydrogen) atoms. The van der Waals surface area contributed by atoms with Gasteiger partial charge in [0, 0.05) is 11.3 Å². The van der Waals surface area contributed by atoms with Crippen LogP contribution in [0.4, 0.5) is 0 Å². The predicted molar refractivity (Wildman–Crippen MR) is 147 cm³/mol. The summed E-state index contributed by atoms with van der Waals surface area (Å²) in [5.41, 5.74) is 14.9. The molecule has 1 heterocycles. The van der Waals surface area contributed by atoms with Gasteiger partial charge in [0.2, 0.25) is 0 Å². The lowest BCUT2D eigenvalue weighted by molar-refractivity contribution is 0.494. The number of aryl methyl sites for hydroxylation is 2. The molecular formula is C31H34N4. The maximum Gasteiger partial charge on any atom is 0.0934 e. The maximum atomic E-state index is 4.89. The number of hydrogen-bond acceptors (Lipinski definition) is 3. The average molecular weight is 463 g/mol. The number of nitrogens with zero attached hydrogens (tertiary/aromatic N) is 2. The van der Waals surface area contributed by atoms with Crippen molar-refractivity contribution < 1.29 is 0 Å². The Morgan fingerprint density at radius 1 is 0.886 bits per heavy atom. The molecule has 4 rings (SSSR count). The summed E-state index contributed by atoms with van der Waals surface area (Å²) in [6.07, 6.45) is 3.10. The zero-order valence-electron chi connectivity index (χ0n) is 20.7. The number of rotatable bonds is 11. The van der Waals surface area contributed by atoms with Crippen LogP contribution < -0.4 is 10.9 Å². The van der Waals surface area contributed by atoms with Gasteiger partial charge < -0.3 is 5.43 Å². The standard InChI is InChI=1S/C31H34N4/c1-5-26(20-21-27-15-13-12-14-23(27)2)24(3)32-33-25(4)31-22-30(28-16-8-6-9-17-28)34-35(31)29-18-10-7-11-19-29/h6-19,22,26,32-33H,3-5,20-21H2,1-2H3. The highest BCUT2D eigenvalue weighted by Gasteiger charge is 2.16. The summed E-state index contributed by atoms with van der Waals surface area (Å²) in [7, 11) is 0. The van der Waals surface area contributed by atoms with E-state index in [0.717, 1.165) is 53.3 Å². The van der Waals surface area contributed by atoms with E-state index in [4.69, 9.17) is 5.10 Å². The first kappa shape index (κ1) is 24.1. The molecule has 1 atom stereocenters. The Labute approximate surface area is 209 Å². The van der Waals surface area contributed by atoms with Gasteiger partial charge in [-0.1, -0.05) is 92.9 Å². The topological polar surface area (TPSA) is 41.9 Å². The van der Waals surface area contributed by atoms with Gasteiger partial charge in [-0.15, -0.1) is 0 Å². The van der Waals surface area contributed by atoms with Crippen molar-refractivity contribution in [3.63, 3.8) is 0 Å². The Kier molecular flexibility index (Phi) is 7.84. The largest absolute Gasteiger partial charge is 0.305 e. The fourth-order valence-electron chi connectivity index (χ4n) is 4.28. The number of hydrogen-bond donors (Lipinski definition) is 2. The molecule has 0 aliphatic carbocycles.